The molecule has 1 heterocycles. The van der Waals surface area contributed by atoms with Crippen molar-refractivity contribution >= 4 is 40.0 Å². The van der Waals surface area contributed by atoms with E-state index in [0.29, 0.717) is 28.0 Å². The van der Waals surface area contributed by atoms with Gasteiger partial charge in [0.2, 0.25) is 0 Å². The van der Waals surface area contributed by atoms with E-state index in [-0.39, 0.29) is 18.2 Å². The summed E-state index contributed by atoms with van der Waals surface area (Å²) in [5.74, 6) is 0.0355. The summed E-state index contributed by atoms with van der Waals surface area (Å²) >= 11 is 1.07. The second-order valence-electron chi connectivity index (χ2n) is 4.98. The SMILES string of the molecule is Cc1cc(OCC(=O)Nc2cccc3nsnc23)ccc1[N+](=O)[O-]. The van der Waals surface area contributed by atoms with Crippen molar-refractivity contribution in [2.45, 2.75) is 6.92 Å². The summed E-state index contributed by atoms with van der Waals surface area (Å²) in [6.45, 7) is 1.40. The molecule has 0 saturated carbocycles. The second-order valence-corrected chi connectivity index (χ2v) is 5.51. The highest BCUT2D eigenvalue weighted by Gasteiger charge is 2.12. The molecule has 0 fully saturated rings. The second kappa shape index (κ2) is 6.59. The standard InChI is InChI=1S/C15H12N4O4S/c1-9-7-10(5-6-13(9)19(21)22)23-8-14(20)16-11-3-2-4-12-15(11)18-24-17-12/h2-7H,8H2,1H3,(H,16,20). The summed E-state index contributed by atoms with van der Waals surface area (Å²) in [4.78, 5) is 22.3. The number of aromatic nitrogens is 2. The maximum Gasteiger partial charge on any atom is 0.272 e. The van der Waals surface area contributed by atoms with Gasteiger partial charge in [-0.05, 0) is 31.2 Å². The molecule has 0 bridgehead atoms. The zero-order valence-electron chi connectivity index (χ0n) is 12.6. The van der Waals surface area contributed by atoms with E-state index in [1.807, 2.05) is 6.07 Å². The molecule has 3 aromatic rings. The molecule has 3 rings (SSSR count). The number of aryl methyl sites for hydroxylation is 1. The number of nitrogens with one attached hydrogen (secondary N) is 1. The maximum atomic E-state index is 12.0. The van der Waals surface area contributed by atoms with Gasteiger partial charge in [-0.3, -0.25) is 14.9 Å². The molecule has 0 atom stereocenters. The van der Waals surface area contributed by atoms with E-state index in [1.54, 1.807) is 19.1 Å². The fourth-order valence-corrected chi connectivity index (χ4v) is 2.71. The average Bonchev–Trinajstić information content (AvgIpc) is 3.02. The van der Waals surface area contributed by atoms with Crippen LogP contribution in [0.4, 0.5) is 11.4 Å². The van der Waals surface area contributed by atoms with Gasteiger partial charge in [-0.2, -0.15) is 8.75 Å². The number of nitro benzene ring substituents is 1. The first-order valence-corrected chi connectivity index (χ1v) is 7.66. The van der Waals surface area contributed by atoms with E-state index in [0.717, 1.165) is 11.7 Å². The fourth-order valence-electron chi connectivity index (χ4n) is 2.16. The predicted molar refractivity (Wildman–Crippen MR) is 89.4 cm³/mol. The lowest BCUT2D eigenvalue weighted by Gasteiger charge is -2.08. The van der Waals surface area contributed by atoms with Crippen LogP contribution < -0.4 is 10.1 Å². The number of hydrogen-bond acceptors (Lipinski definition) is 7. The van der Waals surface area contributed by atoms with Crippen LogP contribution in [0.15, 0.2) is 36.4 Å². The quantitative estimate of drug-likeness (QED) is 0.563. The number of benzene rings is 2. The van der Waals surface area contributed by atoms with Gasteiger partial charge in [0.1, 0.15) is 16.8 Å². The number of rotatable bonds is 5. The van der Waals surface area contributed by atoms with Crippen molar-refractivity contribution < 1.29 is 14.5 Å². The van der Waals surface area contributed by atoms with Crippen molar-refractivity contribution in [3.8, 4) is 5.75 Å². The summed E-state index contributed by atoms with van der Waals surface area (Å²) < 4.78 is 13.6. The molecule has 0 radical (unpaired) electrons. The third-order valence-corrected chi connectivity index (χ3v) is 3.84. The summed E-state index contributed by atoms with van der Waals surface area (Å²) in [5.41, 5.74) is 2.38. The third-order valence-electron chi connectivity index (χ3n) is 3.29. The van der Waals surface area contributed by atoms with Gasteiger partial charge in [-0.15, -0.1) is 0 Å². The van der Waals surface area contributed by atoms with Gasteiger partial charge in [0, 0.05) is 11.6 Å². The van der Waals surface area contributed by atoms with Gasteiger partial charge < -0.3 is 10.1 Å². The van der Waals surface area contributed by atoms with Crippen molar-refractivity contribution in [3.05, 3.63) is 52.1 Å². The van der Waals surface area contributed by atoms with Crippen LogP contribution in [0, 0.1) is 17.0 Å². The zero-order valence-corrected chi connectivity index (χ0v) is 13.4. The van der Waals surface area contributed by atoms with E-state index >= 15 is 0 Å². The number of hydrogen-bond donors (Lipinski definition) is 1. The molecule has 1 aromatic heterocycles. The summed E-state index contributed by atoms with van der Waals surface area (Å²) in [5, 5.41) is 13.5. The molecule has 1 N–H and O–H groups in total. The van der Waals surface area contributed by atoms with Crippen LogP contribution in [0.3, 0.4) is 0 Å². The molecule has 0 unspecified atom stereocenters. The highest BCUT2D eigenvalue weighted by Crippen LogP contribution is 2.23. The third kappa shape index (κ3) is 3.30. The van der Waals surface area contributed by atoms with Crippen molar-refractivity contribution in [1.29, 1.82) is 0 Å². The molecule has 2 aromatic carbocycles. The first-order chi connectivity index (χ1) is 11.5. The molecule has 24 heavy (non-hydrogen) atoms. The van der Waals surface area contributed by atoms with Gasteiger partial charge in [0.25, 0.3) is 11.6 Å². The lowest BCUT2D eigenvalue weighted by molar-refractivity contribution is -0.385. The van der Waals surface area contributed by atoms with Crippen molar-refractivity contribution in [1.82, 2.24) is 8.75 Å². The highest BCUT2D eigenvalue weighted by atomic mass is 32.1. The minimum absolute atomic E-state index is 0.00881. The fraction of sp³-hybridized carbons (Fsp3) is 0.133. The Balaban J connectivity index is 1.65. The number of carbonyl (C=O) groups is 1. The Hall–Kier alpha value is -3.07. The van der Waals surface area contributed by atoms with Crippen LogP contribution in [0.25, 0.3) is 11.0 Å². The van der Waals surface area contributed by atoms with E-state index in [9.17, 15) is 14.9 Å². The smallest absolute Gasteiger partial charge is 0.272 e. The summed E-state index contributed by atoms with van der Waals surface area (Å²) in [6.07, 6.45) is 0. The predicted octanol–water partition coefficient (Wildman–Crippen LogP) is 2.93. The molecular weight excluding hydrogens is 332 g/mol. The summed E-state index contributed by atoms with van der Waals surface area (Å²) in [7, 11) is 0. The topological polar surface area (TPSA) is 107 Å². The van der Waals surface area contributed by atoms with Crippen LogP contribution in [0.1, 0.15) is 5.56 Å². The molecule has 0 aliphatic rings. The largest absolute Gasteiger partial charge is 0.484 e. The Morgan fingerprint density at radius 1 is 1.33 bits per heavy atom. The molecule has 0 saturated heterocycles. The van der Waals surface area contributed by atoms with E-state index < -0.39 is 4.92 Å². The van der Waals surface area contributed by atoms with Gasteiger partial charge in [-0.1, -0.05) is 6.07 Å². The number of ether oxygens (including phenoxy) is 1. The monoisotopic (exact) mass is 344 g/mol. The highest BCUT2D eigenvalue weighted by molar-refractivity contribution is 7.00. The number of nitrogens with zero attached hydrogens (tertiary/aromatic N) is 3. The lowest BCUT2D eigenvalue weighted by atomic mass is 10.2. The Kier molecular flexibility index (Phi) is 4.34. The molecule has 0 aliphatic heterocycles. The Bertz CT molecular complexity index is 925. The Morgan fingerprint density at radius 2 is 2.17 bits per heavy atom. The number of nitro groups is 1. The van der Waals surface area contributed by atoms with E-state index in [2.05, 4.69) is 14.1 Å². The van der Waals surface area contributed by atoms with Crippen LogP contribution >= 0.6 is 11.7 Å². The van der Waals surface area contributed by atoms with Crippen LogP contribution in [-0.4, -0.2) is 26.2 Å². The molecule has 1 amide bonds. The van der Waals surface area contributed by atoms with Crippen molar-refractivity contribution in [2.24, 2.45) is 0 Å². The Morgan fingerprint density at radius 3 is 2.92 bits per heavy atom. The van der Waals surface area contributed by atoms with Crippen molar-refractivity contribution in [2.75, 3.05) is 11.9 Å². The average molecular weight is 344 g/mol. The van der Waals surface area contributed by atoms with Gasteiger partial charge >= 0.3 is 0 Å². The molecule has 8 nitrogen and oxygen atoms in total. The number of carbonyl (C=O) groups excluding carboxylic acids is 1. The lowest BCUT2D eigenvalue weighted by Crippen LogP contribution is -2.20. The molecule has 0 aliphatic carbocycles. The van der Waals surface area contributed by atoms with Crippen LogP contribution in [0.2, 0.25) is 0 Å². The minimum Gasteiger partial charge on any atom is -0.484 e. The zero-order chi connectivity index (χ0) is 17.1. The van der Waals surface area contributed by atoms with Gasteiger partial charge in [0.15, 0.2) is 6.61 Å². The van der Waals surface area contributed by atoms with Crippen LogP contribution in [0.5, 0.6) is 5.75 Å². The molecule has 0 spiro atoms. The minimum atomic E-state index is -0.464. The first-order valence-electron chi connectivity index (χ1n) is 6.93. The first kappa shape index (κ1) is 15.8. The molecule has 122 valence electrons. The van der Waals surface area contributed by atoms with Crippen molar-refractivity contribution in [3.63, 3.8) is 0 Å². The van der Waals surface area contributed by atoms with Gasteiger partial charge in [-0.25, -0.2) is 0 Å². The number of amides is 1. The normalized spacial score (nSPS) is 10.5. The number of fused-ring (bicyclic) bond motifs is 1. The Labute approximate surface area is 140 Å². The molecule has 9 heteroatoms. The van der Waals surface area contributed by atoms with E-state index in [1.165, 1.54) is 18.2 Å². The van der Waals surface area contributed by atoms with Crippen LogP contribution in [-0.2, 0) is 4.79 Å². The summed E-state index contributed by atoms with van der Waals surface area (Å²) in [6, 6.07) is 9.66. The number of anilines is 1. The van der Waals surface area contributed by atoms with E-state index in [4.69, 9.17) is 4.74 Å². The maximum absolute atomic E-state index is 12.0. The van der Waals surface area contributed by atoms with Gasteiger partial charge in [0.05, 0.1) is 22.3 Å². The molecular formula is C15H12N4O4S.